The van der Waals surface area contributed by atoms with Gasteiger partial charge in [-0.1, -0.05) is 0 Å². The van der Waals surface area contributed by atoms with Gasteiger partial charge in [-0.05, 0) is 13.8 Å². The minimum Gasteiger partial charge on any atom is -0.299 e. The monoisotopic (exact) mass is 134 g/mol. The SMILES string of the molecule is CC(=O)C1(C)CC1(F)F. The zero-order valence-electron chi connectivity index (χ0n) is 5.37. The van der Waals surface area contributed by atoms with Gasteiger partial charge in [-0.15, -0.1) is 0 Å². The van der Waals surface area contributed by atoms with E-state index in [2.05, 4.69) is 0 Å². The first-order valence-electron chi connectivity index (χ1n) is 2.79. The number of ketones is 1. The normalized spacial score (nSPS) is 38.2. The molecule has 0 radical (unpaired) electrons. The van der Waals surface area contributed by atoms with E-state index in [-0.39, 0.29) is 6.42 Å². The standard InChI is InChI=1S/C6H8F2O/c1-4(9)5(2)3-6(5,7)8/h3H2,1-2H3. The third-order valence-corrected chi connectivity index (χ3v) is 2.03. The number of hydrogen-bond acceptors (Lipinski definition) is 1. The van der Waals surface area contributed by atoms with Gasteiger partial charge in [0, 0.05) is 6.42 Å². The molecule has 1 nitrogen and oxygen atoms in total. The first-order chi connectivity index (χ1) is 3.90. The van der Waals surface area contributed by atoms with Crippen LogP contribution in [0.4, 0.5) is 8.78 Å². The van der Waals surface area contributed by atoms with E-state index in [4.69, 9.17) is 0 Å². The van der Waals surface area contributed by atoms with Crippen molar-refractivity contribution in [3.05, 3.63) is 0 Å². The predicted molar refractivity (Wildman–Crippen MR) is 28.4 cm³/mol. The first-order valence-corrected chi connectivity index (χ1v) is 2.79. The highest BCUT2D eigenvalue weighted by Gasteiger charge is 2.70. The second kappa shape index (κ2) is 1.33. The van der Waals surface area contributed by atoms with Crippen molar-refractivity contribution in [3.8, 4) is 0 Å². The molecule has 0 spiro atoms. The van der Waals surface area contributed by atoms with Crippen LogP contribution >= 0.6 is 0 Å². The summed E-state index contributed by atoms with van der Waals surface area (Å²) in [5.74, 6) is -3.13. The van der Waals surface area contributed by atoms with Gasteiger partial charge < -0.3 is 0 Å². The van der Waals surface area contributed by atoms with Crippen LogP contribution < -0.4 is 0 Å². The summed E-state index contributed by atoms with van der Waals surface area (Å²) in [7, 11) is 0. The Labute approximate surface area is 52.1 Å². The molecule has 9 heavy (non-hydrogen) atoms. The van der Waals surface area contributed by atoms with Crippen LogP contribution in [-0.2, 0) is 4.79 Å². The Balaban J connectivity index is 2.74. The van der Waals surface area contributed by atoms with Crippen molar-refractivity contribution in [1.29, 1.82) is 0 Å². The lowest BCUT2D eigenvalue weighted by Crippen LogP contribution is -2.15. The summed E-state index contributed by atoms with van der Waals surface area (Å²) in [5, 5.41) is 0. The Morgan fingerprint density at radius 1 is 1.56 bits per heavy atom. The van der Waals surface area contributed by atoms with Crippen molar-refractivity contribution in [3.63, 3.8) is 0 Å². The molecule has 1 aliphatic rings. The lowest BCUT2D eigenvalue weighted by molar-refractivity contribution is -0.124. The number of hydrogen-bond donors (Lipinski definition) is 0. The van der Waals surface area contributed by atoms with Crippen LogP contribution in [0.3, 0.4) is 0 Å². The molecule has 52 valence electrons. The summed E-state index contributed by atoms with van der Waals surface area (Å²) in [5.41, 5.74) is -1.33. The Hall–Kier alpha value is -0.470. The molecule has 0 heterocycles. The Morgan fingerprint density at radius 2 is 1.89 bits per heavy atom. The smallest absolute Gasteiger partial charge is 0.261 e. The minimum atomic E-state index is -2.72. The fraction of sp³-hybridized carbons (Fsp3) is 0.833. The van der Waals surface area contributed by atoms with Crippen LogP contribution in [0.25, 0.3) is 0 Å². The van der Waals surface area contributed by atoms with E-state index in [1.54, 1.807) is 0 Å². The van der Waals surface area contributed by atoms with Crippen LogP contribution in [-0.4, -0.2) is 11.7 Å². The Kier molecular flexibility index (Phi) is 0.983. The average molecular weight is 134 g/mol. The predicted octanol–water partition coefficient (Wildman–Crippen LogP) is 1.62. The summed E-state index contributed by atoms with van der Waals surface area (Å²) in [6.45, 7) is 2.51. The van der Waals surface area contributed by atoms with Gasteiger partial charge in [0.25, 0.3) is 5.92 Å². The summed E-state index contributed by atoms with van der Waals surface area (Å²) in [4.78, 5) is 10.5. The van der Waals surface area contributed by atoms with Gasteiger partial charge in [0.15, 0.2) is 0 Å². The van der Waals surface area contributed by atoms with Crippen LogP contribution in [0.15, 0.2) is 0 Å². The average Bonchev–Trinajstić information content (AvgIpc) is 2.08. The molecule has 1 atom stereocenters. The summed E-state index contributed by atoms with van der Waals surface area (Å²) in [6.07, 6.45) is -0.269. The van der Waals surface area contributed by atoms with Crippen molar-refractivity contribution in [2.45, 2.75) is 26.2 Å². The van der Waals surface area contributed by atoms with Crippen LogP contribution in [0.5, 0.6) is 0 Å². The maximum Gasteiger partial charge on any atom is 0.261 e. The summed E-state index contributed by atoms with van der Waals surface area (Å²) < 4.78 is 24.4. The zero-order chi connectivity index (χ0) is 7.28. The molecule has 0 amide bonds. The third kappa shape index (κ3) is 0.671. The molecular weight excluding hydrogens is 126 g/mol. The maximum atomic E-state index is 12.2. The van der Waals surface area contributed by atoms with E-state index in [0.717, 1.165) is 0 Å². The first kappa shape index (κ1) is 6.65. The maximum absolute atomic E-state index is 12.2. The summed E-state index contributed by atoms with van der Waals surface area (Å²) in [6, 6.07) is 0. The molecule has 0 aromatic heterocycles. The number of rotatable bonds is 1. The van der Waals surface area contributed by atoms with Crippen molar-refractivity contribution in [2.75, 3.05) is 0 Å². The van der Waals surface area contributed by atoms with Crippen molar-refractivity contribution < 1.29 is 13.6 Å². The van der Waals surface area contributed by atoms with Crippen LogP contribution in [0.2, 0.25) is 0 Å². The lowest BCUT2D eigenvalue weighted by atomic mass is 10.1. The molecule has 1 unspecified atom stereocenters. The zero-order valence-corrected chi connectivity index (χ0v) is 5.37. The summed E-state index contributed by atoms with van der Waals surface area (Å²) >= 11 is 0. The highest BCUT2D eigenvalue weighted by Crippen LogP contribution is 2.60. The van der Waals surface area contributed by atoms with E-state index in [1.807, 2.05) is 0 Å². The molecule has 1 aliphatic carbocycles. The largest absolute Gasteiger partial charge is 0.299 e. The van der Waals surface area contributed by atoms with E-state index in [9.17, 15) is 13.6 Å². The molecule has 0 saturated heterocycles. The van der Waals surface area contributed by atoms with Gasteiger partial charge >= 0.3 is 0 Å². The number of halogens is 2. The molecule has 0 aromatic rings. The second-order valence-electron chi connectivity index (χ2n) is 2.77. The van der Waals surface area contributed by atoms with Gasteiger partial charge in [0.05, 0.1) is 5.41 Å². The van der Waals surface area contributed by atoms with Crippen molar-refractivity contribution in [1.82, 2.24) is 0 Å². The number of alkyl halides is 2. The molecule has 3 heteroatoms. The molecular formula is C6H8F2O. The topological polar surface area (TPSA) is 17.1 Å². The number of carbonyl (C=O) groups is 1. The fourth-order valence-corrected chi connectivity index (χ4v) is 0.782. The third-order valence-electron chi connectivity index (χ3n) is 2.03. The molecule has 1 rings (SSSR count). The molecule has 1 saturated carbocycles. The van der Waals surface area contributed by atoms with Crippen molar-refractivity contribution >= 4 is 5.78 Å². The van der Waals surface area contributed by atoms with Gasteiger partial charge in [-0.25, -0.2) is 8.78 Å². The Morgan fingerprint density at radius 3 is 1.89 bits per heavy atom. The van der Waals surface area contributed by atoms with Crippen molar-refractivity contribution in [2.24, 2.45) is 5.41 Å². The number of carbonyl (C=O) groups excluding carboxylic acids is 1. The highest BCUT2D eigenvalue weighted by atomic mass is 19.3. The lowest BCUT2D eigenvalue weighted by Gasteiger charge is -2.01. The molecule has 0 bridgehead atoms. The minimum absolute atomic E-state index is 0.269. The van der Waals surface area contributed by atoms with Gasteiger partial charge in [0.1, 0.15) is 5.78 Å². The second-order valence-corrected chi connectivity index (χ2v) is 2.77. The fourth-order valence-electron chi connectivity index (χ4n) is 0.782. The highest BCUT2D eigenvalue weighted by molar-refractivity contribution is 5.86. The van der Waals surface area contributed by atoms with Gasteiger partial charge in [-0.2, -0.15) is 0 Å². The van der Waals surface area contributed by atoms with E-state index in [1.165, 1.54) is 13.8 Å². The van der Waals surface area contributed by atoms with E-state index >= 15 is 0 Å². The molecule has 0 aromatic carbocycles. The van der Waals surface area contributed by atoms with Gasteiger partial charge in [-0.3, -0.25) is 4.79 Å². The van der Waals surface area contributed by atoms with E-state index in [0.29, 0.717) is 0 Å². The van der Waals surface area contributed by atoms with E-state index < -0.39 is 17.1 Å². The quantitative estimate of drug-likeness (QED) is 0.532. The van der Waals surface area contributed by atoms with Crippen LogP contribution in [0, 0.1) is 5.41 Å². The van der Waals surface area contributed by atoms with Gasteiger partial charge in [0.2, 0.25) is 0 Å². The van der Waals surface area contributed by atoms with Crippen LogP contribution in [0.1, 0.15) is 20.3 Å². The molecule has 0 aliphatic heterocycles. The molecule has 1 fully saturated rings. The molecule has 0 N–H and O–H groups in total. The number of Topliss-reactive ketones (excluding diaryl/α,β-unsaturated/α-hetero) is 1. The Bertz CT molecular complexity index is 164.